The summed E-state index contributed by atoms with van der Waals surface area (Å²) in [5, 5.41) is 0.238. The Hall–Kier alpha value is -0.693. The van der Waals surface area contributed by atoms with Gasteiger partial charge in [-0.05, 0) is 88.8 Å². The number of ether oxygens (including phenoxy) is 2. The third-order valence-corrected chi connectivity index (χ3v) is 17.5. The number of allylic oxidation sites excluding steroid dienone is 2. The predicted molar refractivity (Wildman–Crippen MR) is 252 cm³/mol. The number of morpholine rings is 1. The van der Waals surface area contributed by atoms with Crippen LogP contribution in [0.4, 0.5) is 0 Å². The Bertz CT molecular complexity index is 917. The molecule has 57 heavy (non-hydrogen) atoms. The summed E-state index contributed by atoms with van der Waals surface area (Å²) < 4.78 is 19.5. The number of esters is 1. The molecule has 0 N–H and O–H groups in total. The van der Waals surface area contributed by atoms with Crippen molar-refractivity contribution < 1.29 is 18.7 Å². The first-order valence-corrected chi connectivity index (χ1v) is 28.3. The summed E-state index contributed by atoms with van der Waals surface area (Å²) in [5.41, 5.74) is 0. The molecule has 1 heterocycles. The Labute approximate surface area is 358 Å². The fourth-order valence-corrected chi connectivity index (χ4v) is 9.09. The Kier molecular flexibility index (Phi) is 34.3. The molecule has 338 valence electrons. The summed E-state index contributed by atoms with van der Waals surface area (Å²) in [6.07, 6.45) is 45.0. The molecule has 1 aliphatic rings. The molecule has 0 spiro atoms. The zero-order valence-corrected chi connectivity index (χ0v) is 40.9. The normalized spacial score (nSPS) is 17.0. The fraction of sp³-hybridized carbons (Fsp3) is 0.941. The third-order valence-electron chi connectivity index (χ3n) is 13.0. The van der Waals surface area contributed by atoms with Crippen molar-refractivity contribution in [3.8, 4) is 0 Å². The lowest BCUT2D eigenvalue weighted by Gasteiger charge is -2.40. The highest BCUT2D eigenvalue weighted by Gasteiger charge is 2.37. The number of unbranched alkanes of at least 4 members (excludes halogenated alkanes) is 22. The molecule has 0 amide bonds. The Morgan fingerprint density at radius 1 is 0.632 bits per heavy atom. The van der Waals surface area contributed by atoms with Gasteiger partial charge in [-0.25, -0.2) is 0 Å². The number of hydrogen-bond donors (Lipinski definition) is 0. The summed E-state index contributed by atoms with van der Waals surface area (Å²) >= 11 is 0. The molecule has 0 bridgehead atoms. The van der Waals surface area contributed by atoms with Crippen LogP contribution in [-0.4, -0.2) is 63.7 Å². The lowest BCUT2D eigenvalue weighted by atomic mass is 10.0. The van der Waals surface area contributed by atoms with Gasteiger partial charge in [0, 0.05) is 32.7 Å². The minimum Gasteiger partial charge on any atom is -0.462 e. The van der Waals surface area contributed by atoms with E-state index in [4.69, 9.17) is 13.9 Å². The molecular weight excluding hydrogens is 719 g/mol. The molecule has 1 saturated heterocycles. The molecule has 1 aliphatic heterocycles. The molecule has 1 fully saturated rings. The number of hydrogen-bond acceptors (Lipinski definition) is 5. The van der Waals surface area contributed by atoms with E-state index in [1.165, 1.54) is 154 Å². The van der Waals surface area contributed by atoms with Gasteiger partial charge in [-0.15, -0.1) is 0 Å². The first-order valence-electron chi connectivity index (χ1n) is 25.4. The van der Waals surface area contributed by atoms with Crippen molar-refractivity contribution in [3.05, 3.63) is 12.2 Å². The first-order chi connectivity index (χ1) is 27.5. The topological polar surface area (TPSA) is 48.0 Å². The van der Waals surface area contributed by atoms with Crippen LogP contribution < -0.4 is 0 Å². The molecule has 2 unspecified atom stereocenters. The standard InChI is InChI=1S/C51H101NO4Si/c1-9-12-15-18-21-22-23-24-25-26-27-28-31-35-40-48-45-52(43-44-54-57(7,8)51(4,5)6)46-49(55-48)41-36-32-37-42-50(53)56-47(38-33-29-19-16-13-10-2)39-34-30-20-17-14-11-3/h24-25,47-49H,9-23,26-46H2,1-8H3/b25-24-. The molecule has 2 atom stereocenters. The van der Waals surface area contributed by atoms with Gasteiger partial charge < -0.3 is 13.9 Å². The average Bonchev–Trinajstić information content (AvgIpc) is 3.16. The molecule has 0 aliphatic carbocycles. The number of rotatable bonds is 39. The minimum atomic E-state index is -1.75. The summed E-state index contributed by atoms with van der Waals surface area (Å²) in [7, 11) is -1.75. The quantitative estimate of drug-likeness (QED) is 0.0268. The lowest BCUT2D eigenvalue weighted by Crippen LogP contribution is -2.49. The molecule has 1 rings (SSSR count). The molecule has 0 saturated carbocycles. The van der Waals surface area contributed by atoms with Crippen LogP contribution in [0.3, 0.4) is 0 Å². The zero-order valence-electron chi connectivity index (χ0n) is 39.9. The summed E-state index contributed by atoms with van der Waals surface area (Å²) in [4.78, 5) is 15.6. The molecule has 0 radical (unpaired) electrons. The predicted octanol–water partition coefficient (Wildman–Crippen LogP) is 16.1. The number of carbonyl (C=O) groups is 1. The van der Waals surface area contributed by atoms with Crippen molar-refractivity contribution in [2.75, 3.05) is 26.2 Å². The van der Waals surface area contributed by atoms with Crippen LogP contribution in [-0.2, 0) is 18.7 Å². The number of nitrogens with zero attached hydrogens (tertiary/aromatic N) is 1. The molecule has 0 aromatic rings. The van der Waals surface area contributed by atoms with Gasteiger partial charge in [-0.1, -0.05) is 182 Å². The van der Waals surface area contributed by atoms with Gasteiger partial charge in [0.1, 0.15) is 6.10 Å². The second-order valence-electron chi connectivity index (χ2n) is 19.6. The maximum absolute atomic E-state index is 13.0. The largest absolute Gasteiger partial charge is 0.462 e. The van der Waals surface area contributed by atoms with Gasteiger partial charge in [0.2, 0.25) is 0 Å². The Balaban J connectivity index is 2.49. The van der Waals surface area contributed by atoms with E-state index in [-0.39, 0.29) is 23.2 Å². The van der Waals surface area contributed by atoms with Crippen LogP contribution >= 0.6 is 0 Å². The van der Waals surface area contributed by atoms with Gasteiger partial charge >= 0.3 is 5.97 Å². The van der Waals surface area contributed by atoms with E-state index in [0.29, 0.717) is 12.5 Å². The average molecular weight is 820 g/mol. The van der Waals surface area contributed by atoms with Gasteiger partial charge in [-0.3, -0.25) is 9.69 Å². The van der Waals surface area contributed by atoms with Crippen molar-refractivity contribution in [1.82, 2.24) is 4.90 Å². The molecule has 0 aromatic heterocycles. The van der Waals surface area contributed by atoms with Crippen molar-refractivity contribution in [2.45, 2.75) is 283 Å². The van der Waals surface area contributed by atoms with Crippen LogP contribution in [0, 0.1) is 0 Å². The van der Waals surface area contributed by atoms with Crippen molar-refractivity contribution >= 4 is 14.3 Å². The van der Waals surface area contributed by atoms with Crippen LogP contribution in [0.25, 0.3) is 0 Å². The maximum atomic E-state index is 13.0. The molecule has 0 aromatic carbocycles. The van der Waals surface area contributed by atoms with Crippen LogP contribution in [0.1, 0.15) is 247 Å². The van der Waals surface area contributed by atoms with E-state index >= 15 is 0 Å². The van der Waals surface area contributed by atoms with Gasteiger partial charge in [0.25, 0.3) is 0 Å². The SMILES string of the molecule is CCCCCCCC/C=C\CCCCCCC1CN(CCO[Si](C)(C)C(C)(C)C)CC(CCCCCC(=O)OC(CCCCCCCC)CCCCCCCC)O1. The van der Waals surface area contributed by atoms with Crippen molar-refractivity contribution in [1.29, 1.82) is 0 Å². The number of carbonyl (C=O) groups excluding carboxylic acids is 1. The molecule has 5 nitrogen and oxygen atoms in total. The third kappa shape index (κ3) is 30.9. The second-order valence-corrected chi connectivity index (χ2v) is 24.4. The zero-order chi connectivity index (χ0) is 41.9. The lowest BCUT2D eigenvalue weighted by molar-refractivity contribution is -0.150. The van der Waals surface area contributed by atoms with Gasteiger partial charge in [-0.2, -0.15) is 0 Å². The van der Waals surface area contributed by atoms with Crippen LogP contribution in [0.2, 0.25) is 18.1 Å². The van der Waals surface area contributed by atoms with Gasteiger partial charge in [0.15, 0.2) is 8.32 Å². The summed E-state index contributed by atoms with van der Waals surface area (Å²) in [5.74, 6) is 0.0306. The van der Waals surface area contributed by atoms with Crippen molar-refractivity contribution in [2.24, 2.45) is 0 Å². The van der Waals surface area contributed by atoms with E-state index in [1.54, 1.807) is 0 Å². The van der Waals surface area contributed by atoms with Crippen LogP contribution in [0.5, 0.6) is 0 Å². The molecule has 6 heteroatoms. The monoisotopic (exact) mass is 820 g/mol. The first kappa shape index (κ1) is 54.3. The van der Waals surface area contributed by atoms with E-state index in [2.05, 4.69) is 71.7 Å². The highest BCUT2D eigenvalue weighted by Crippen LogP contribution is 2.36. The van der Waals surface area contributed by atoms with E-state index in [0.717, 1.165) is 71.2 Å². The fourth-order valence-electron chi connectivity index (χ4n) is 8.05. The highest BCUT2D eigenvalue weighted by atomic mass is 28.4. The van der Waals surface area contributed by atoms with E-state index in [1.807, 2.05) is 0 Å². The van der Waals surface area contributed by atoms with E-state index < -0.39 is 8.32 Å². The second kappa shape index (κ2) is 36.0. The smallest absolute Gasteiger partial charge is 0.306 e. The summed E-state index contributed by atoms with van der Waals surface area (Å²) in [6.45, 7) is 22.4. The van der Waals surface area contributed by atoms with Crippen molar-refractivity contribution in [3.63, 3.8) is 0 Å². The Morgan fingerprint density at radius 3 is 1.53 bits per heavy atom. The summed E-state index contributed by atoms with van der Waals surface area (Å²) in [6, 6.07) is 0. The molecular formula is C51H101NO4Si. The maximum Gasteiger partial charge on any atom is 0.306 e. The van der Waals surface area contributed by atoms with Gasteiger partial charge in [0.05, 0.1) is 12.2 Å². The Morgan fingerprint density at radius 2 is 1.05 bits per heavy atom. The minimum absolute atomic E-state index is 0.0306. The van der Waals surface area contributed by atoms with Crippen LogP contribution in [0.15, 0.2) is 12.2 Å². The highest BCUT2D eigenvalue weighted by molar-refractivity contribution is 6.74. The van der Waals surface area contributed by atoms with E-state index in [9.17, 15) is 4.79 Å².